The van der Waals surface area contributed by atoms with Gasteiger partial charge in [0, 0.05) is 0 Å². The third kappa shape index (κ3) is 1.94. The summed E-state index contributed by atoms with van der Waals surface area (Å²) < 4.78 is 13.5. The number of nitrogens with zero attached hydrogens (tertiary/aromatic N) is 1. The highest BCUT2D eigenvalue weighted by molar-refractivity contribution is 5.11. The number of hydrogen-bond acceptors (Lipinski definition) is 3. The smallest absolute Gasteiger partial charge is 0.223 e. The molecule has 76 valence electrons. The van der Waals surface area contributed by atoms with E-state index in [4.69, 9.17) is 11.6 Å². The van der Waals surface area contributed by atoms with Gasteiger partial charge in [0.25, 0.3) is 0 Å². The van der Waals surface area contributed by atoms with E-state index in [2.05, 4.69) is 0 Å². The molecule has 0 atom stereocenters. The molecule has 0 unspecified atom stereocenters. The molecule has 0 bridgehead atoms. The topological polar surface area (TPSA) is 55.3 Å². The molecule has 1 rings (SSSR count). The zero-order valence-electron chi connectivity index (χ0n) is 8.47. The van der Waals surface area contributed by atoms with E-state index in [0.717, 1.165) is 12.8 Å². The van der Waals surface area contributed by atoms with E-state index in [1.807, 2.05) is 20.8 Å². The van der Waals surface area contributed by atoms with Gasteiger partial charge in [0.05, 0.1) is 11.2 Å². The van der Waals surface area contributed by atoms with E-state index in [0.29, 0.717) is 0 Å². The summed E-state index contributed by atoms with van der Waals surface area (Å²) in [6.07, 6.45) is 1.87. The minimum absolute atomic E-state index is 0.00611. The van der Waals surface area contributed by atoms with Crippen molar-refractivity contribution in [3.05, 3.63) is 11.6 Å². The van der Waals surface area contributed by atoms with Crippen LogP contribution in [0.4, 0.5) is 4.39 Å². The van der Waals surface area contributed by atoms with Gasteiger partial charge in [-0.25, -0.2) is 5.84 Å². The number of hydrogen-bond donors (Lipinski definition) is 2. The fraction of sp³-hybridized carbons (Fsp3) is 0.778. The fourth-order valence-electron chi connectivity index (χ4n) is 1.04. The Balaban J connectivity index is 2.76. The maximum absolute atomic E-state index is 13.5. The maximum Gasteiger partial charge on any atom is 0.223 e. The van der Waals surface area contributed by atoms with Crippen LogP contribution in [0.3, 0.4) is 0 Å². The van der Waals surface area contributed by atoms with E-state index in [1.54, 1.807) is 0 Å². The van der Waals surface area contributed by atoms with Crippen LogP contribution in [0.15, 0.2) is 11.6 Å². The van der Waals surface area contributed by atoms with Crippen molar-refractivity contribution in [1.82, 2.24) is 5.01 Å². The van der Waals surface area contributed by atoms with Gasteiger partial charge in [-0.2, -0.15) is 4.39 Å². The first-order valence-corrected chi connectivity index (χ1v) is 4.58. The lowest BCUT2D eigenvalue weighted by molar-refractivity contribution is 0.192. The number of nitrogens with two attached hydrogens (primary N) is 2. The summed E-state index contributed by atoms with van der Waals surface area (Å²) in [7, 11) is 0. The first-order valence-electron chi connectivity index (χ1n) is 4.58. The van der Waals surface area contributed by atoms with Gasteiger partial charge < -0.3 is 5.73 Å². The summed E-state index contributed by atoms with van der Waals surface area (Å²) in [5.74, 6) is 5.13. The van der Waals surface area contributed by atoms with E-state index in [9.17, 15) is 4.39 Å². The molecule has 0 amide bonds. The van der Waals surface area contributed by atoms with Gasteiger partial charge in [-0.1, -0.05) is 13.8 Å². The summed E-state index contributed by atoms with van der Waals surface area (Å²) in [6, 6.07) is 0. The minimum atomic E-state index is -0.477. The Morgan fingerprint density at radius 3 is 2.23 bits per heavy atom. The van der Waals surface area contributed by atoms with Crippen molar-refractivity contribution in [1.29, 1.82) is 0 Å². The number of allylic oxidation sites excluding steroid dienone is 1. The average molecular weight is 187 g/mol. The zero-order valence-corrected chi connectivity index (χ0v) is 8.47. The fourth-order valence-corrected chi connectivity index (χ4v) is 1.04. The second-order valence-electron chi connectivity index (χ2n) is 4.27. The van der Waals surface area contributed by atoms with Gasteiger partial charge in [-0.3, -0.25) is 5.01 Å². The molecular weight excluding hydrogens is 169 g/mol. The minimum Gasteiger partial charge on any atom is -0.398 e. The largest absolute Gasteiger partial charge is 0.398 e. The second-order valence-corrected chi connectivity index (χ2v) is 4.27. The predicted octanol–water partition coefficient (Wildman–Crippen LogP) is 1.47. The molecule has 3 nitrogen and oxygen atoms in total. The van der Waals surface area contributed by atoms with Crippen LogP contribution in [-0.2, 0) is 0 Å². The number of rotatable bonds is 3. The van der Waals surface area contributed by atoms with Crippen molar-refractivity contribution in [2.24, 2.45) is 17.5 Å². The molecule has 0 aromatic carbocycles. The molecule has 1 fully saturated rings. The molecule has 4 N–H and O–H groups in total. The summed E-state index contributed by atoms with van der Waals surface area (Å²) in [4.78, 5) is 0. The molecule has 0 saturated heterocycles. The number of hydrazine groups is 1. The molecule has 1 saturated carbocycles. The molecular formula is C9H18FN3. The Bertz CT molecular complexity index is 231. The van der Waals surface area contributed by atoms with Crippen molar-refractivity contribution in [2.45, 2.75) is 39.2 Å². The SMILES string of the molecule is CC(C)/C(N)=C(\F)N(N)C1(C)CC1. The van der Waals surface area contributed by atoms with Crippen LogP contribution in [0.2, 0.25) is 0 Å². The quantitative estimate of drug-likeness (QED) is 0.399. The average Bonchev–Trinajstić information content (AvgIpc) is 2.80. The van der Waals surface area contributed by atoms with Crippen molar-refractivity contribution in [2.75, 3.05) is 0 Å². The zero-order chi connectivity index (χ0) is 10.2. The summed E-state index contributed by atoms with van der Waals surface area (Å²) in [5, 5.41) is 1.17. The summed E-state index contributed by atoms with van der Waals surface area (Å²) in [6.45, 7) is 5.62. The molecule has 1 aliphatic rings. The molecule has 0 spiro atoms. The third-order valence-electron chi connectivity index (χ3n) is 2.63. The highest BCUT2D eigenvalue weighted by Gasteiger charge is 2.44. The molecule has 0 aliphatic heterocycles. The van der Waals surface area contributed by atoms with Gasteiger partial charge >= 0.3 is 0 Å². The van der Waals surface area contributed by atoms with Crippen LogP contribution >= 0.6 is 0 Å². The first kappa shape index (κ1) is 10.3. The Labute approximate surface area is 78.5 Å². The van der Waals surface area contributed by atoms with E-state index < -0.39 is 5.95 Å². The third-order valence-corrected chi connectivity index (χ3v) is 2.63. The van der Waals surface area contributed by atoms with Crippen molar-refractivity contribution in [3.8, 4) is 0 Å². The lowest BCUT2D eigenvalue weighted by atomic mass is 10.1. The lowest BCUT2D eigenvalue weighted by Crippen LogP contribution is -2.40. The molecule has 0 aromatic heterocycles. The molecule has 0 aromatic rings. The van der Waals surface area contributed by atoms with Crippen LogP contribution in [0.5, 0.6) is 0 Å². The Morgan fingerprint density at radius 2 is 1.92 bits per heavy atom. The highest BCUT2D eigenvalue weighted by Crippen LogP contribution is 2.41. The summed E-state index contributed by atoms with van der Waals surface area (Å²) in [5.41, 5.74) is 5.60. The monoisotopic (exact) mass is 187 g/mol. The molecule has 0 heterocycles. The molecule has 1 aliphatic carbocycles. The maximum atomic E-state index is 13.5. The molecule has 0 radical (unpaired) electrons. The van der Waals surface area contributed by atoms with E-state index in [-0.39, 0.29) is 17.2 Å². The van der Waals surface area contributed by atoms with Crippen molar-refractivity contribution < 1.29 is 4.39 Å². The van der Waals surface area contributed by atoms with Crippen molar-refractivity contribution in [3.63, 3.8) is 0 Å². The highest BCUT2D eigenvalue weighted by atomic mass is 19.1. The van der Waals surface area contributed by atoms with E-state index >= 15 is 0 Å². The van der Waals surface area contributed by atoms with Gasteiger partial charge in [0.15, 0.2) is 0 Å². The Hall–Kier alpha value is -0.770. The number of halogens is 1. The van der Waals surface area contributed by atoms with Crippen LogP contribution in [0.25, 0.3) is 0 Å². The Morgan fingerprint density at radius 1 is 1.46 bits per heavy atom. The molecule has 4 heteroatoms. The van der Waals surface area contributed by atoms with E-state index in [1.165, 1.54) is 5.01 Å². The Kier molecular flexibility index (Phi) is 2.52. The van der Waals surface area contributed by atoms with Gasteiger partial charge in [0.1, 0.15) is 0 Å². The van der Waals surface area contributed by atoms with Gasteiger partial charge in [-0.15, -0.1) is 0 Å². The summed E-state index contributed by atoms with van der Waals surface area (Å²) >= 11 is 0. The lowest BCUT2D eigenvalue weighted by Gasteiger charge is -2.25. The second kappa shape index (κ2) is 3.18. The van der Waals surface area contributed by atoms with Crippen LogP contribution in [-0.4, -0.2) is 10.5 Å². The van der Waals surface area contributed by atoms with Crippen LogP contribution < -0.4 is 11.6 Å². The predicted molar refractivity (Wildman–Crippen MR) is 50.8 cm³/mol. The molecule has 13 heavy (non-hydrogen) atoms. The van der Waals surface area contributed by atoms with Crippen LogP contribution in [0, 0.1) is 5.92 Å². The van der Waals surface area contributed by atoms with Gasteiger partial charge in [-0.05, 0) is 25.7 Å². The first-order chi connectivity index (χ1) is 5.88. The van der Waals surface area contributed by atoms with Gasteiger partial charge in [0.2, 0.25) is 5.95 Å². The normalized spacial score (nSPS) is 21.4. The standard InChI is InChI=1S/C9H18FN3/c1-6(2)7(11)8(10)13(12)9(3)4-5-9/h6H,4-5,11-12H2,1-3H3/b8-7-. The van der Waals surface area contributed by atoms with Crippen molar-refractivity contribution >= 4 is 0 Å². The van der Waals surface area contributed by atoms with Crippen LogP contribution in [0.1, 0.15) is 33.6 Å².